The van der Waals surface area contributed by atoms with Gasteiger partial charge in [0.25, 0.3) is 0 Å². The minimum Gasteiger partial charge on any atom is -0.461 e. The number of esters is 1. The molecule has 0 aromatic heterocycles. The second-order valence-electron chi connectivity index (χ2n) is 13.7. The van der Waals surface area contributed by atoms with Crippen LogP contribution in [0, 0.1) is 23.2 Å². The Hall–Kier alpha value is -3.60. The van der Waals surface area contributed by atoms with E-state index in [9.17, 15) is 4.79 Å². The van der Waals surface area contributed by atoms with Crippen LogP contribution in [0.3, 0.4) is 0 Å². The molecule has 4 fully saturated rings. The van der Waals surface area contributed by atoms with Crippen LogP contribution in [-0.4, -0.2) is 38.8 Å². The highest BCUT2D eigenvalue weighted by atomic mass is 16.5. The molecule has 230 valence electrons. The zero-order valence-corrected chi connectivity index (χ0v) is 26.9. The van der Waals surface area contributed by atoms with Gasteiger partial charge in [-0.05, 0) is 114 Å². The first-order valence-electron chi connectivity index (χ1n) is 17.0. The molecule has 4 bridgehead atoms. The van der Waals surface area contributed by atoms with Gasteiger partial charge in [-0.15, -0.1) is 0 Å². The van der Waals surface area contributed by atoms with Crippen LogP contribution in [0.4, 0.5) is 5.69 Å². The molecule has 8 rings (SSSR count). The monoisotopic (exact) mass is 591 g/mol. The highest BCUT2D eigenvalue weighted by molar-refractivity contribution is 6.08. The number of carbonyl (C=O) groups is 1. The van der Waals surface area contributed by atoms with Crippen molar-refractivity contribution >= 4 is 22.6 Å². The van der Waals surface area contributed by atoms with E-state index >= 15 is 0 Å². The first kappa shape index (κ1) is 29.1. The fourth-order valence-corrected chi connectivity index (χ4v) is 9.37. The summed E-state index contributed by atoms with van der Waals surface area (Å²) in [6.45, 7) is 13.0. The van der Waals surface area contributed by atoms with Crippen molar-refractivity contribution in [3.63, 3.8) is 0 Å². The second-order valence-corrected chi connectivity index (χ2v) is 13.7. The van der Waals surface area contributed by atoms with Gasteiger partial charge < -0.3 is 14.1 Å². The normalized spacial score (nSPS) is 23.8. The van der Waals surface area contributed by atoms with Gasteiger partial charge in [-0.3, -0.25) is 0 Å². The van der Waals surface area contributed by atoms with Crippen LogP contribution in [0.15, 0.2) is 65.1 Å². The predicted octanol–water partition coefficient (Wildman–Crippen LogP) is 8.24. The molecule has 0 atom stereocenters. The smallest absolute Gasteiger partial charge is 0.338 e. The Balaban J connectivity index is 1.33. The molecule has 0 amide bonds. The Bertz CT molecular complexity index is 1690. The van der Waals surface area contributed by atoms with E-state index < -0.39 is 0 Å². The molecular weight excluding hydrogens is 544 g/mol. The average molecular weight is 592 g/mol. The fourth-order valence-electron chi connectivity index (χ4n) is 9.37. The summed E-state index contributed by atoms with van der Waals surface area (Å²) in [5.74, 6) is 3.12. The lowest BCUT2D eigenvalue weighted by molar-refractivity contribution is -0.0848. The lowest BCUT2D eigenvalue weighted by atomic mass is 9.50. The van der Waals surface area contributed by atoms with Crippen LogP contribution in [-0.2, 0) is 4.74 Å². The van der Waals surface area contributed by atoms with Crippen LogP contribution in [0.5, 0.6) is 0 Å². The Morgan fingerprint density at radius 2 is 1.55 bits per heavy atom. The molecule has 1 heterocycles. The zero-order chi connectivity index (χ0) is 30.4. The summed E-state index contributed by atoms with van der Waals surface area (Å²) in [5, 5.41) is 2.14. The molecule has 5 heteroatoms. The molecule has 44 heavy (non-hydrogen) atoms. The van der Waals surface area contributed by atoms with E-state index in [1.165, 1.54) is 38.5 Å². The van der Waals surface area contributed by atoms with E-state index in [-0.39, 0.29) is 11.4 Å². The average Bonchev–Trinajstić information content (AvgIpc) is 3.03. The van der Waals surface area contributed by atoms with Gasteiger partial charge in [0.2, 0.25) is 5.36 Å². The van der Waals surface area contributed by atoms with Gasteiger partial charge in [0, 0.05) is 52.8 Å². The third kappa shape index (κ3) is 5.12. The molecule has 0 N–H and O–H groups in total. The number of fused-ring (bicyclic) bond motifs is 2. The molecule has 0 saturated heterocycles. The summed E-state index contributed by atoms with van der Waals surface area (Å²) in [6, 6.07) is 21.0. The Kier molecular flexibility index (Phi) is 7.76. The number of hydrogen-bond acceptors (Lipinski definition) is 4. The van der Waals surface area contributed by atoms with Gasteiger partial charge in [0.1, 0.15) is 24.4 Å². The van der Waals surface area contributed by atoms with Gasteiger partial charge in [-0.25, -0.2) is 9.37 Å². The van der Waals surface area contributed by atoms with Crippen LogP contribution < -0.4 is 14.8 Å². The maximum Gasteiger partial charge on any atom is 0.338 e. The minimum absolute atomic E-state index is 0.187. The van der Waals surface area contributed by atoms with E-state index in [0.717, 1.165) is 88.4 Å². The quantitative estimate of drug-likeness (QED) is 0.112. The van der Waals surface area contributed by atoms with Gasteiger partial charge in [0.05, 0.1) is 18.2 Å². The Labute approximate surface area is 261 Å². The molecule has 5 nitrogen and oxygen atoms in total. The molecule has 5 aliphatic carbocycles. The van der Waals surface area contributed by atoms with Crippen LogP contribution >= 0.6 is 0 Å². The van der Waals surface area contributed by atoms with Crippen molar-refractivity contribution in [1.29, 1.82) is 0 Å². The number of rotatable bonds is 9. The Morgan fingerprint density at radius 1 is 0.864 bits per heavy atom. The van der Waals surface area contributed by atoms with Crippen molar-refractivity contribution in [1.82, 2.24) is 4.58 Å². The van der Waals surface area contributed by atoms with Crippen molar-refractivity contribution in [3.05, 3.63) is 71.6 Å². The molecule has 0 unspecified atom stereocenters. The van der Waals surface area contributed by atoms with Gasteiger partial charge in [-0.2, -0.15) is 0 Å². The first-order chi connectivity index (χ1) is 21.4. The molecule has 1 aliphatic heterocycles. The summed E-state index contributed by atoms with van der Waals surface area (Å²) >= 11 is 0. The number of ether oxygens (including phenoxy) is 1. The topological polar surface area (TPSA) is 45.7 Å². The standard InChI is InChI=1S/C39H47N2O3/c1-5-40(6-2)29-13-15-33-35(20-29)44-36-21-30(41(7-3)8-4)14-16-34(36)37(33)31-11-9-10-12-32(31)38(42)43-25-39-22-26-17-27(23-39)19-28(18-26)24-39/h9-16,20-21,26-28H,5-8,17-19,22-25H2,1-4H3/q+1. The largest absolute Gasteiger partial charge is 0.461 e. The molecule has 2 aromatic rings. The van der Waals surface area contributed by atoms with Crippen LogP contribution in [0.2, 0.25) is 0 Å². The van der Waals surface area contributed by atoms with Crippen LogP contribution in [0.1, 0.15) is 76.6 Å². The molecule has 0 spiro atoms. The minimum atomic E-state index is -0.210. The summed E-state index contributed by atoms with van der Waals surface area (Å²) in [4.78, 5) is 16.3. The molecule has 6 aliphatic rings. The maximum absolute atomic E-state index is 14.0. The highest BCUT2D eigenvalue weighted by Crippen LogP contribution is 2.60. The highest BCUT2D eigenvalue weighted by Gasteiger charge is 2.51. The van der Waals surface area contributed by atoms with Crippen LogP contribution in [0.25, 0.3) is 33.4 Å². The first-order valence-corrected chi connectivity index (χ1v) is 17.0. The summed E-state index contributed by atoms with van der Waals surface area (Å²) in [5.41, 5.74) is 5.72. The molecular formula is C39H47N2O3+. The van der Waals surface area contributed by atoms with Crippen molar-refractivity contribution < 1.29 is 13.9 Å². The van der Waals surface area contributed by atoms with E-state index in [0.29, 0.717) is 12.2 Å². The summed E-state index contributed by atoms with van der Waals surface area (Å²) < 4.78 is 15.3. The maximum atomic E-state index is 14.0. The van der Waals surface area contributed by atoms with E-state index in [1.54, 1.807) is 0 Å². The van der Waals surface area contributed by atoms with Gasteiger partial charge in [-0.1, -0.05) is 18.2 Å². The van der Waals surface area contributed by atoms with E-state index in [4.69, 9.17) is 9.15 Å². The SMILES string of the molecule is CCN(CC)c1ccc2c(-c3ccccc3C(=O)OCC34CC5CC(CC(C5)C3)C4)c3ccc(=[N+](CC)CC)cc-3oc2c1. The number of hydrogen-bond donors (Lipinski definition) is 0. The lowest BCUT2D eigenvalue weighted by Gasteiger charge is -2.56. The fraction of sp³-hybridized carbons (Fsp3) is 0.487. The Morgan fingerprint density at radius 3 is 2.20 bits per heavy atom. The number of benzene rings is 3. The van der Waals surface area contributed by atoms with Crippen molar-refractivity contribution in [2.24, 2.45) is 23.2 Å². The molecule has 0 radical (unpaired) electrons. The number of nitrogens with zero attached hydrogens (tertiary/aromatic N) is 2. The summed E-state index contributed by atoms with van der Waals surface area (Å²) in [6.07, 6.45) is 7.86. The van der Waals surface area contributed by atoms with E-state index in [2.05, 4.69) is 79.6 Å². The molecule has 2 aromatic carbocycles. The zero-order valence-electron chi connectivity index (χ0n) is 26.9. The van der Waals surface area contributed by atoms with Crippen molar-refractivity contribution in [2.45, 2.75) is 66.2 Å². The lowest BCUT2D eigenvalue weighted by Crippen LogP contribution is -2.48. The predicted molar refractivity (Wildman–Crippen MR) is 179 cm³/mol. The third-order valence-corrected chi connectivity index (χ3v) is 11.0. The summed E-state index contributed by atoms with van der Waals surface area (Å²) in [7, 11) is 0. The van der Waals surface area contributed by atoms with Crippen molar-refractivity contribution in [3.8, 4) is 22.5 Å². The third-order valence-electron chi connectivity index (χ3n) is 11.0. The second kappa shape index (κ2) is 11.7. The van der Waals surface area contributed by atoms with Gasteiger partial charge in [0.15, 0.2) is 0 Å². The number of carbonyl (C=O) groups excluding carboxylic acids is 1. The number of anilines is 1. The molecule has 4 saturated carbocycles. The van der Waals surface area contributed by atoms with E-state index in [1.807, 2.05) is 18.2 Å². The van der Waals surface area contributed by atoms with Gasteiger partial charge >= 0.3 is 5.97 Å². The van der Waals surface area contributed by atoms with Crippen molar-refractivity contribution in [2.75, 3.05) is 37.7 Å².